The van der Waals surface area contributed by atoms with Crippen LogP contribution in [-0.2, 0) is 20.8 Å². The number of hydroxylamine groups is 1. The number of ether oxygens (including phenoxy) is 1. The van der Waals surface area contributed by atoms with Crippen LogP contribution < -0.4 is 5.48 Å². The molecule has 3 rings (SSSR count). The zero-order valence-corrected chi connectivity index (χ0v) is 17.8. The molecule has 0 aliphatic carbocycles. The molecule has 0 saturated carbocycles. The van der Waals surface area contributed by atoms with Gasteiger partial charge in [-0.2, -0.15) is 0 Å². The van der Waals surface area contributed by atoms with E-state index < -0.39 is 35.3 Å². The molecule has 2 aromatic carbocycles. The van der Waals surface area contributed by atoms with Gasteiger partial charge in [-0.1, -0.05) is 24.3 Å². The van der Waals surface area contributed by atoms with Crippen molar-refractivity contribution in [2.45, 2.75) is 38.8 Å². The summed E-state index contributed by atoms with van der Waals surface area (Å²) in [6, 6.07) is 11.8. The summed E-state index contributed by atoms with van der Waals surface area (Å²) in [5, 5.41) is 0. The van der Waals surface area contributed by atoms with Crippen molar-refractivity contribution < 1.29 is 28.8 Å². The number of rotatable bonds is 6. The third kappa shape index (κ3) is 4.80. The molecule has 0 bridgehead atoms. The second kappa shape index (κ2) is 8.69. The molecule has 2 aromatic rings. The Labute approximate surface area is 180 Å². The lowest BCUT2D eigenvalue weighted by atomic mass is 10.0. The highest BCUT2D eigenvalue weighted by molar-refractivity contribution is 6.22. The Morgan fingerprint density at radius 2 is 1.61 bits per heavy atom. The molecule has 0 radical (unpaired) electrons. The zero-order valence-electron chi connectivity index (χ0n) is 17.8. The van der Waals surface area contributed by atoms with Crippen LogP contribution in [0.3, 0.4) is 0 Å². The average Bonchev–Trinajstić information content (AvgIpc) is 2.96. The number of hydrogen-bond acceptors (Lipinski definition) is 6. The molecule has 8 nitrogen and oxygen atoms in total. The minimum Gasteiger partial charge on any atom is -0.456 e. The van der Waals surface area contributed by atoms with Gasteiger partial charge in [-0.3, -0.25) is 24.1 Å². The van der Waals surface area contributed by atoms with E-state index in [1.807, 2.05) is 0 Å². The summed E-state index contributed by atoms with van der Waals surface area (Å²) < 4.78 is 5.39. The van der Waals surface area contributed by atoms with E-state index in [0.29, 0.717) is 11.1 Å². The molecule has 31 heavy (non-hydrogen) atoms. The summed E-state index contributed by atoms with van der Waals surface area (Å²) in [4.78, 5) is 56.5. The van der Waals surface area contributed by atoms with Crippen molar-refractivity contribution in [2.75, 3.05) is 7.11 Å². The molecule has 0 saturated heterocycles. The van der Waals surface area contributed by atoms with Gasteiger partial charge >= 0.3 is 5.97 Å². The molecule has 1 heterocycles. The summed E-state index contributed by atoms with van der Waals surface area (Å²) in [5.74, 6) is -2.27. The van der Waals surface area contributed by atoms with Crippen LogP contribution in [0.5, 0.6) is 0 Å². The smallest absolute Gasteiger partial charge is 0.338 e. The first kappa shape index (κ1) is 22.2. The zero-order chi connectivity index (χ0) is 22.8. The van der Waals surface area contributed by atoms with Crippen molar-refractivity contribution >= 4 is 23.7 Å². The normalized spacial score (nSPS) is 14.3. The van der Waals surface area contributed by atoms with E-state index in [2.05, 4.69) is 5.48 Å². The number of benzene rings is 2. The fourth-order valence-electron chi connectivity index (χ4n) is 3.35. The van der Waals surface area contributed by atoms with Crippen LogP contribution in [0.15, 0.2) is 48.5 Å². The highest BCUT2D eigenvalue weighted by atomic mass is 16.6. The Morgan fingerprint density at radius 3 is 2.16 bits per heavy atom. The first-order valence-electron chi connectivity index (χ1n) is 9.74. The second-order valence-corrected chi connectivity index (χ2v) is 8.12. The molecule has 8 heteroatoms. The number of esters is 1. The maximum atomic E-state index is 12.9. The molecule has 162 valence electrons. The maximum Gasteiger partial charge on any atom is 0.338 e. The fraction of sp³-hybridized carbons (Fsp3) is 0.304. The van der Waals surface area contributed by atoms with Gasteiger partial charge in [-0.25, -0.2) is 10.3 Å². The number of nitrogens with one attached hydrogen (secondary N) is 1. The highest BCUT2D eigenvalue weighted by Crippen LogP contribution is 2.26. The number of hydrogen-bond donors (Lipinski definition) is 1. The van der Waals surface area contributed by atoms with Gasteiger partial charge in [0.2, 0.25) is 0 Å². The monoisotopic (exact) mass is 424 g/mol. The summed E-state index contributed by atoms with van der Waals surface area (Å²) in [5.41, 5.74) is 2.91. The number of fused-ring (bicyclic) bond motifs is 1. The van der Waals surface area contributed by atoms with Crippen LogP contribution >= 0.6 is 0 Å². The number of carbonyl (C=O) groups excluding carboxylic acids is 4. The summed E-state index contributed by atoms with van der Waals surface area (Å²) >= 11 is 0. The number of amides is 3. The minimum atomic E-state index is -1.17. The molecule has 1 aliphatic rings. The molecule has 1 N–H and O–H groups in total. The topological polar surface area (TPSA) is 102 Å². The van der Waals surface area contributed by atoms with E-state index in [9.17, 15) is 19.2 Å². The minimum absolute atomic E-state index is 0.00268. The van der Waals surface area contributed by atoms with Gasteiger partial charge in [0, 0.05) is 6.42 Å². The van der Waals surface area contributed by atoms with E-state index in [1.54, 1.807) is 69.3 Å². The van der Waals surface area contributed by atoms with E-state index in [0.717, 1.165) is 4.90 Å². The lowest BCUT2D eigenvalue weighted by Gasteiger charge is -2.25. The molecular formula is C23H24N2O6. The van der Waals surface area contributed by atoms with Crippen LogP contribution in [0.25, 0.3) is 0 Å². The van der Waals surface area contributed by atoms with Gasteiger partial charge in [-0.05, 0) is 50.6 Å². The van der Waals surface area contributed by atoms with Crippen molar-refractivity contribution in [3.05, 3.63) is 70.8 Å². The van der Waals surface area contributed by atoms with E-state index >= 15 is 0 Å². The molecule has 0 unspecified atom stereocenters. The Bertz CT molecular complexity index is 1010. The van der Waals surface area contributed by atoms with Crippen molar-refractivity contribution in [3.8, 4) is 0 Å². The number of carbonyl (C=O) groups is 4. The third-order valence-electron chi connectivity index (χ3n) is 4.63. The van der Waals surface area contributed by atoms with Crippen LogP contribution in [0.4, 0.5) is 0 Å². The van der Waals surface area contributed by atoms with Crippen molar-refractivity contribution in [3.63, 3.8) is 0 Å². The summed E-state index contributed by atoms with van der Waals surface area (Å²) in [6.07, 6.45) is -0.00268. The number of nitrogens with zero attached hydrogens (tertiary/aromatic N) is 1. The van der Waals surface area contributed by atoms with Gasteiger partial charge in [0.05, 0.1) is 23.8 Å². The van der Waals surface area contributed by atoms with E-state index in [1.165, 1.54) is 7.11 Å². The Balaban J connectivity index is 1.91. The second-order valence-electron chi connectivity index (χ2n) is 8.12. The predicted molar refractivity (Wildman–Crippen MR) is 111 cm³/mol. The Hall–Kier alpha value is -3.52. The quantitative estimate of drug-likeness (QED) is 0.434. The van der Waals surface area contributed by atoms with Gasteiger partial charge in [0.25, 0.3) is 17.7 Å². The van der Waals surface area contributed by atoms with Crippen LogP contribution in [-0.4, -0.2) is 47.3 Å². The van der Waals surface area contributed by atoms with Crippen LogP contribution in [0, 0.1) is 0 Å². The Morgan fingerprint density at radius 1 is 1.00 bits per heavy atom. The predicted octanol–water partition coefficient (Wildman–Crippen LogP) is 2.53. The fourth-order valence-corrected chi connectivity index (χ4v) is 3.35. The lowest BCUT2D eigenvalue weighted by molar-refractivity contribution is -0.135. The number of imide groups is 1. The molecular weight excluding hydrogens is 400 g/mol. The van der Waals surface area contributed by atoms with Gasteiger partial charge in [-0.15, -0.1) is 0 Å². The molecule has 1 atom stereocenters. The lowest BCUT2D eigenvalue weighted by Crippen LogP contribution is -2.50. The highest BCUT2D eigenvalue weighted by Gasteiger charge is 2.42. The molecule has 0 aromatic heterocycles. The van der Waals surface area contributed by atoms with Crippen molar-refractivity contribution in [1.29, 1.82) is 0 Å². The van der Waals surface area contributed by atoms with Gasteiger partial charge in [0.15, 0.2) is 0 Å². The molecule has 3 amide bonds. The largest absolute Gasteiger partial charge is 0.456 e. The molecule has 0 fully saturated rings. The maximum absolute atomic E-state index is 12.9. The van der Waals surface area contributed by atoms with Crippen LogP contribution in [0.2, 0.25) is 0 Å². The third-order valence-corrected chi connectivity index (χ3v) is 4.63. The van der Waals surface area contributed by atoms with Crippen molar-refractivity contribution in [1.82, 2.24) is 10.4 Å². The average molecular weight is 424 g/mol. The van der Waals surface area contributed by atoms with Gasteiger partial charge in [0.1, 0.15) is 11.6 Å². The summed E-state index contributed by atoms with van der Waals surface area (Å²) in [7, 11) is 1.26. The molecule has 1 aliphatic heterocycles. The van der Waals surface area contributed by atoms with Gasteiger partial charge < -0.3 is 4.74 Å². The van der Waals surface area contributed by atoms with Crippen molar-refractivity contribution in [2.24, 2.45) is 0 Å². The SMILES string of the molecule is CONC(=O)[C@H](Cc1cccc(C(=O)OC(C)(C)C)c1)N1C(=O)c2ccccc2C1=O. The standard InChI is InChI=1S/C23H24N2O6/c1-23(2,3)31-22(29)15-9-7-8-14(12-15)13-18(19(26)24-30-4)25-20(27)16-10-5-6-11-17(16)21(25)28/h5-12,18H,13H2,1-4H3,(H,24,26)/t18-/m0/s1. The Kier molecular flexibility index (Phi) is 6.21. The first-order chi connectivity index (χ1) is 14.6. The van der Waals surface area contributed by atoms with E-state index in [4.69, 9.17) is 9.57 Å². The van der Waals surface area contributed by atoms with Crippen LogP contribution in [0.1, 0.15) is 57.4 Å². The summed E-state index contributed by atoms with van der Waals surface area (Å²) in [6.45, 7) is 5.30. The first-order valence-corrected chi connectivity index (χ1v) is 9.74. The molecule has 0 spiro atoms. The van der Waals surface area contributed by atoms with E-state index in [-0.39, 0.29) is 17.5 Å².